The molecule has 3 atom stereocenters. The fraction of sp³-hybridized carbons (Fsp3) is 0.857. The molecule has 30 heavy (non-hydrogen) atoms. The van der Waals surface area contributed by atoms with E-state index in [9.17, 15) is 14.4 Å². The lowest BCUT2D eigenvalue weighted by Gasteiger charge is -2.28. The SMILES string of the molecule is CCOC(=O)[C@H](CSCCOC1CCCC1)NC(C)C(=O)N1CCC[C@H]1C(=O)OC. The average molecular weight is 445 g/mol. The van der Waals surface area contributed by atoms with Crippen LogP contribution in [-0.2, 0) is 28.6 Å². The summed E-state index contributed by atoms with van der Waals surface area (Å²) in [5.41, 5.74) is 0. The molecule has 2 rings (SSSR count). The second-order valence-electron chi connectivity index (χ2n) is 7.76. The number of thioether (sulfide) groups is 1. The van der Waals surface area contributed by atoms with Gasteiger partial charge in [0.2, 0.25) is 5.91 Å². The number of carbonyl (C=O) groups is 3. The number of likely N-dealkylation sites (tertiary alicyclic amines) is 1. The molecule has 172 valence electrons. The summed E-state index contributed by atoms with van der Waals surface area (Å²) in [4.78, 5) is 38.8. The van der Waals surface area contributed by atoms with Crippen molar-refractivity contribution in [3.8, 4) is 0 Å². The van der Waals surface area contributed by atoms with Crippen LogP contribution < -0.4 is 5.32 Å². The van der Waals surface area contributed by atoms with E-state index in [4.69, 9.17) is 14.2 Å². The molecule has 0 aromatic carbocycles. The number of hydrogen-bond acceptors (Lipinski definition) is 8. The van der Waals surface area contributed by atoms with E-state index in [1.807, 2.05) is 0 Å². The zero-order chi connectivity index (χ0) is 21.9. The van der Waals surface area contributed by atoms with Gasteiger partial charge in [0, 0.05) is 18.1 Å². The molecule has 1 unspecified atom stereocenters. The lowest BCUT2D eigenvalue weighted by molar-refractivity contribution is -0.152. The van der Waals surface area contributed by atoms with E-state index in [0.29, 0.717) is 31.4 Å². The molecule has 1 aliphatic carbocycles. The van der Waals surface area contributed by atoms with Gasteiger partial charge < -0.3 is 19.1 Å². The maximum absolute atomic E-state index is 12.9. The fourth-order valence-corrected chi connectivity index (χ4v) is 4.84. The van der Waals surface area contributed by atoms with Crippen LogP contribution in [0, 0.1) is 0 Å². The molecule has 0 radical (unpaired) electrons. The zero-order valence-corrected chi connectivity index (χ0v) is 19.2. The number of nitrogens with one attached hydrogen (secondary N) is 1. The van der Waals surface area contributed by atoms with Gasteiger partial charge >= 0.3 is 11.9 Å². The van der Waals surface area contributed by atoms with Gasteiger partial charge in [-0.05, 0) is 39.5 Å². The van der Waals surface area contributed by atoms with Crippen molar-refractivity contribution in [3.63, 3.8) is 0 Å². The summed E-state index contributed by atoms with van der Waals surface area (Å²) in [6, 6.07) is -1.76. The Morgan fingerprint density at radius 3 is 2.57 bits per heavy atom. The highest BCUT2D eigenvalue weighted by molar-refractivity contribution is 7.99. The third kappa shape index (κ3) is 7.42. The van der Waals surface area contributed by atoms with E-state index >= 15 is 0 Å². The highest BCUT2D eigenvalue weighted by Gasteiger charge is 2.37. The van der Waals surface area contributed by atoms with Gasteiger partial charge in [-0.2, -0.15) is 11.8 Å². The van der Waals surface area contributed by atoms with Crippen LogP contribution in [0.3, 0.4) is 0 Å². The molecule has 0 aromatic heterocycles. The second-order valence-corrected chi connectivity index (χ2v) is 8.91. The Morgan fingerprint density at radius 2 is 1.90 bits per heavy atom. The van der Waals surface area contributed by atoms with Crippen molar-refractivity contribution in [1.82, 2.24) is 10.2 Å². The molecule has 2 fully saturated rings. The Morgan fingerprint density at radius 1 is 1.17 bits per heavy atom. The topological polar surface area (TPSA) is 94.2 Å². The van der Waals surface area contributed by atoms with Crippen molar-refractivity contribution in [3.05, 3.63) is 0 Å². The van der Waals surface area contributed by atoms with E-state index in [0.717, 1.165) is 25.0 Å². The first-order chi connectivity index (χ1) is 14.5. The molecule has 9 heteroatoms. The van der Waals surface area contributed by atoms with Crippen LogP contribution in [-0.4, -0.2) is 85.3 Å². The first kappa shape index (κ1) is 24.9. The molecule has 0 spiro atoms. The summed E-state index contributed by atoms with van der Waals surface area (Å²) in [5, 5.41) is 3.11. The number of amides is 1. The van der Waals surface area contributed by atoms with Gasteiger partial charge in [-0.25, -0.2) is 4.79 Å². The van der Waals surface area contributed by atoms with Crippen LogP contribution >= 0.6 is 11.8 Å². The van der Waals surface area contributed by atoms with Gasteiger partial charge in [-0.15, -0.1) is 0 Å². The summed E-state index contributed by atoms with van der Waals surface area (Å²) in [6.45, 7) is 4.94. The summed E-state index contributed by atoms with van der Waals surface area (Å²) < 4.78 is 15.9. The van der Waals surface area contributed by atoms with E-state index in [1.54, 1.807) is 30.5 Å². The maximum Gasteiger partial charge on any atom is 0.328 e. The number of methoxy groups -OCH3 is 1. The monoisotopic (exact) mass is 444 g/mol. The number of carbonyl (C=O) groups excluding carboxylic acids is 3. The molecule has 1 aliphatic heterocycles. The molecular formula is C21H36N2O6S. The third-order valence-corrected chi connectivity index (χ3v) is 6.59. The summed E-state index contributed by atoms with van der Waals surface area (Å²) in [5.74, 6) is 0.310. The van der Waals surface area contributed by atoms with E-state index in [2.05, 4.69) is 5.32 Å². The van der Waals surface area contributed by atoms with Gasteiger partial charge in [0.15, 0.2) is 0 Å². The Kier molecular flexibility index (Phi) is 11.0. The predicted molar refractivity (Wildman–Crippen MR) is 115 cm³/mol. The molecule has 0 aromatic rings. The number of ether oxygens (including phenoxy) is 3. The lowest BCUT2D eigenvalue weighted by atomic mass is 10.2. The Labute approximate surface area is 183 Å². The van der Waals surface area contributed by atoms with Gasteiger partial charge in [0.1, 0.15) is 12.1 Å². The summed E-state index contributed by atoms with van der Waals surface area (Å²) in [6.07, 6.45) is 6.50. The number of rotatable bonds is 12. The van der Waals surface area contributed by atoms with Crippen LogP contribution in [0.25, 0.3) is 0 Å². The molecule has 1 saturated carbocycles. The molecule has 1 heterocycles. The highest BCUT2D eigenvalue weighted by Crippen LogP contribution is 2.21. The molecule has 1 amide bonds. The number of esters is 2. The Hall–Kier alpha value is -1.32. The smallest absolute Gasteiger partial charge is 0.328 e. The molecule has 1 saturated heterocycles. The Bertz CT molecular complexity index is 570. The fourth-order valence-electron chi connectivity index (χ4n) is 3.99. The van der Waals surface area contributed by atoms with Gasteiger partial charge in [0.05, 0.1) is 32.5 Å². The van der Waals surface area contributed by atoms with Crippen LogP contribution in [0.1, 0.15) is 52.4 Å². The van der Waals surface area contributed by atoms with Crippen molar-refractivity contribution < 1.29 is 28.6 Å². The normalized spacial score (nSPS) is 21.4. The van der Waals surface area contributed by atoms with E-state index in [-0.39, 0.29) is 18.5 Å². The minimum absolute atomic E-state index is 0.202. The van der Waals surface area contributed by atoms with Crippen molar-refractivity contribution in [2.24, 2.45) is 0 Å². The van der Waals surface area contributed by atoms with Crippen LogP contribution in [0.2, 0.25) is 0 Å². The highest BCUT2D eigenvalue weighted by atomic mass is 32.2. The summed E-state index contributed by atoms with van der Waals surface area (Å²) >= 11 is 1.61. The van der Waals surface area contributed by atoms with Crippen molar-refractivity contribution in [2.45, 2.75) is 76.6 Å². The molecule has 8 nitrogen and oxygen atoms in total. The largest absolute Gasteiger partial charge is 0.467 e. The summed E-state index contributed by atoms with van der Waals surface area (Å²) in [7, 11) is 1.33. The van der Waals surface area contributed by atoms with E-state index in [1.165, 1.54) is 20.0 Å². The van der Waals surface area contributed by atoms with Crippen LogP contribution in [0.5, 0.6) is 0 Å². The standard InChI is InChI=1S/C21H36N2O6S/c1-4-28-20(25)17(14-30-13-12-29-16-8-5-6-9-16)22-15(2)19(24)23-11-7-10-18(23)21(26)27-3/h15-18,22H,4-14H2,1-3H3/t15?,17-,18-/m0/s1. The first-order valence-electron chi connectivity index (χ1n) is 11.0. The molecule has 1 N–H and O–H groups in total. The van der Waals surface area contributed by atoms with Gasteiger partial charge in [0.25, 0.3) is 0 Å². The van der Waals surface area contributed by atoms with Gasteiger partial charge in [-0.1, -0.05) is 12.8 Å². The Balaban J connectivity index is 1.83. The number of nitrogens with zero attached hydrogens (tertiary/aromatic N) is 1. The quantitative estimate of drug-likeness (QED) is 0.359. The first-order valence-corrected chi connectivity index (χ1v) is 12.1. The van der Waals surface area contributed by atoms with Crippen molar-refractivity contribution in [1.29, 1.82) is 0 Å². The predicted octanol–water partition coefficient (Wildman–Crippen LogP) is 1.75. The minimum atomic E-state index is -0.611. The van der Waals surface area contributed by atoms with Crippen molar-refractivity contribution >= 4 is 29.6 Å². The zero-order valence-electron chi connectivity index (χ0n) is 18.4. The molecular weight excluding hydrogens is 408 g/mol. The second kappa shape index (κ2) is 13.2. The van der Waals surface area contributed by atoms with Crippen molar-refractivity contribution in [2.75, 3.05) is 38.4 Å². The van der Waals surface area contributed by atoms with Crippen LogP contribution in [0.15, 0.2) is 0 Å². The van der Waals surface area contributed by atoms with E-state index < -0.39 is 24.1 Å². The lowest BCUT2D eigenvalue weighted by Crippen LogP contribution is -2.54. The van der Waals surface area contributed by atoms with Crippen LogP contribution in [0.4, 0.5) is 0 Å². The third-order valence-electron chi connectivity index (χ3n) is 5.57. The molecule has 2 aliphatic rings. The molecule has 0 bridgehead atoms. The minimum Gasteiger partial charge on any atom is -0.467 e. The maximum atomic E-state index is 12.9. The van der Waals surface area contributed by atoms with Gasteiger partial charge in [-0.3, -0.25) is 14.9 Å². The number of hydrogen-bond donors (Lipinski definition) is 1. The average Bonchev–Trinajstić information content (AvgIpc) is 3.43.